The highest BCUT2D eigenvalue weighted by atomic mass is 16.3. The summed E-state index contributed by atoms with van der Waals surface area (Å²) in [5, 5.41) is 12.2. The van der Waals surface area contributed by atoms with Crippen LogP contribution in [0.25, 0.3) is 0 Å². The number of hydrogen-bond acceptors (Lipinski definition) is 3. The minimum absolute atomic E-state index is 0.149. The van der Waals surface area contributed by atoms with Gasteiger partial charge in [-0.2, -0.15) is 0 Å². The van der Waals surface area contributed by atoms with E-state index in [0.29, 0.717) is 6.54 Å². The molecule has 1 aliphatic rings. The number of aliphatic hydroxyl groups excluding tert-OH is 1. The molecular formula is C6H12N2O. The normalized spacial score (nSPS) is 36.2. The van der Waals surface area contributed by atoms with Gasteiger partial charge in [-0.25, -0.2) is 0 Å². The molecule has 4 N–H and O–H groups in total. The molecule has 3 heteroatoms. The van der Waals surface area contributed by atoms with Crippen LogP contribution in [0.5, 0.6) is 0 Å². The molecule has 0 saturated heterocycles. The summed E-state index contributed by atoms with van der Waals surface area (Å²) < 4.78 is 0. The summed E-state index contributed by atoms with van der Waals surface area (Å²) in [5.74, 6) is 0. The molecule has 1 aliphatic heterocycles. The molecule has 0 aromatic rings. The van der Waals surface area contributed by atoms with Crippen LogP contribution in [-0.2, 0) is 0 Å². The van der Waals surface area contributed by atoms with Gasteiger partial charge in [0, 0.05) is 19.1 Å². The first-order valence-corrected chi connectivity index (χ1v) is 3.12. The van der Waals surface area contributed by atoms with Crippen LogP contribution in [0.3, 0.4) is 0 Å². The van der Waals surface area contributed by atoms with Gasteiger partial charge in [0.15, 0.2) is 0 Å². The zero-order chi connectivity index (χ0) is 6.69. The lowest BCUT2D eigenvalue weighted by Gasteiger charge is -2.11. The van der Waals surface area contributed by atoms with Crippen molar-refractivity contribution in [2.75, 3.05) is 13.1 Å². The average Bonchev–Trinajstić information content (AvgIpc) is 1.99. The SMILES string of the molecule is N[C@@H]1CNCC=C[C@@H]1O. The van der Waals surface area contributed by atoms with Gasteiger partial charge in [0.1, 0.15) is 0 Å². The van der Waals surface area contributed by atoms with E-state index >= 15 is 0 Å². The lowest BCUT2D eigenvalue weighted by atomic mass is 10.2. The van der Waals surface area contributed by atoms with Crippen LogP contribution >= 0.6 is 0 Å². The highest BCUT2D eigenvalue weighted by molar-refractivity contribution is 4.98. The van der Waals surface area contributed by atoms with Gasteiger partial charge in [0.2, 0.25) is 0 Å². The molecule has 0 amide bonds. The summed E-state index contributed by atoms with van der Waals surface area (Å²) in [6.45, 7) is 1.50. The van der Waals surface area contributed by atoms with Gasteiger partial charge in [-0.3, -0.25) is 0 Å². The van der Waals surface area contributed by atoms with E-state index in [1.165, 1.54) is 0 Å². The summed E-state index contributed by atoms with van der Waals surface area (Å²) in [6.07, 6.45) is 3.14. The molecule has 0 radical (unpaired) electrons. The van der Waals surface area contributed by atoms with Crippen LogP contribution in [0, 0.1) is 0 Å². The maximum absolute atomic E-state index is 9.11. The van der Waals surface area contributed by atoms with Crippen LogP contribution in [0.2, 0.25) is 0 Å². The largest absolute Gasteiger partial charge is 0.387 e. The molecule has 1 rings (SSSR count). The van der Waals surface area contributed by atoms with E-state index in [-0.39, 0.29) is 6.04 Å². The molecule has 0 aromatic carbocycles. The molecule has 0 spiro atoms. The maximum Gasteiger partial charge on any atom is 0.0884 e. The summed E-state index contributed by atoms with van der Waals surface area (Å²) in [6, 6.07) is -0.149. The monoisotopic (exact) mass is 128 g/mol. The fraction of sp³-hybridized carbons (Fsp3) is 0.667. The number of nitrogens with two attached hydrogens (primary N) is 1. The third-order valence-electron chi connectivity index (χ3n) is 1.41. The Labute approximate surface area is 54.6 Å². The molecule has 0 saturated carbocycles. The molecule has 0 aromatic heterocycles. The van der Waals surface area contributed by atoms with Crippen molar-refractivity contribution in [3.63, 3.8) is 0 Å². The van der Waals surface area contributed by atoms with Crippen LogP contribution in [-0.4, -0.2) is 30.3 Å². The Morgan fingerprint density at radius 1 is 1.67 bits per heavy atom. The first-order chi connectivity index (χ1) is 4.30. The molecule has 2 atom stereocenters. The van der Waals surface area contributed by atoms with Crippen molar-refractivity contribution in [2.45, 2.75) is 12.1 Å². The molecule has 0 fully saturated rings. The lowest BCUT2D eigenvalue weighted by Crippen LogP contribution is -2.40. The summed E-state index contributed by atoms with van der Waals surface area (Å²) in [5.41, 5.74) is 5.51. The average molecular weight is 128 g/mol. The van der Waals surface area contributed by atoms with Gasteiger partial charge in [-0.05, 0) is 0 Å². The van der Waals surface area contributed by atoms with Crippen molar-refractivity contribution in [2.24, 2.45) is 5.73 Å². The molecule has 0 unspecified atom stereocenters. The van der Waals surface area contributed by atoms with Crippen LogP contribution < -0.4 is 11.1 Å². The van der Waals surface area contributed by atoms with E-state index in [9.17, 15) is 0 Å². The van der Waals surface area contributed by atoms with Crippen molar-refractivity contribution >= 4 is 0 Å². The lowest BCUT2D eigenvalue weighted by molar-refractivity contribution is 0.192. The Kier molecular flexibility index (Phi) is 2.22. The smallest absolute Gasteiger partial charge is 0.0884 e. The number of nitrogens with one attached hydrogen (secondary N) is 1. The van der Waals surface area contributed by atoms with Crippen LogP contribution in [0.15, 0.2) is 12.2 Å². The fourth-order valence-electron chi connectivity index (χ4n) is 0.804. The summed E-state index contributed by atoms with van der Waals surface area (Å²) in [7, 11) is 0. The van der Waals surface area contributed by atoms with E-state index in [4.69, 9.17) is 10.8 Å². The Morgan fingerprint density at radius 2 is 2.44 bits per heavy atom. The highest BCUT2D eigenvalue weighted by Gasteiger charge is 2.11. The number of rotatable bonds is 0. The topological polar surface area (TPSA) is 58.3 Å². The van der Waals surface area contributed by atoms with Crippen molar-refractivity contribution in [1.29, 1.82) is 0 Å². The van der Waals surface area contributed by atoms with Crippen molar-refractivity contribution in [3.8, 4) is 0 Å². The van der Waals surface area contributed by atoms with E-state index in [1.54, 1.807) is 6.08 Å². The van der Waals surface area contributed by atoms with Crippen LogP contribution in [0.4, 0.5) is 0 Å². The second-order valence-corrected chi connectivity index (χ2v) is 2.24. The van der Waals surface area contributed by atoms with Gasteiger partial charge in [-0.15, -0.1) is 0 Å². The quantitative estimate of drug-likeness (QED) is 0.360. The zero-order valence-corrected chi connectivity index (χ0v) is 5.25. The number of hydrogen-bond donors (Lipinski definition) is 3. The van der Waals surface area contributed by atoms with Gasteiger partial charge < -0.3 is 16.2 Å². The first kappa shape index (κ1) is 6.74. The van der Waals surface area contributed by atoms with Crippen molar-refractivity contribution < 1.29 is 5.11 Å². The molecular weight excluding hydrogens is 116 g/mol. The van der Waals surface area contributed by atoms with E-state index in [0.717, 1.165) is 6.54 Å². The highest BCUT2D eigenvalue weighted by Crippen LogP contribution is 1.94. The van der Waals surface area contributed by atoms with Gasteiger partial charge >= 0.3 is 0 Å². The number of aliphatic hydroxyl groups is 1. The molecule has 1 heterocycles. The molecule has 3 nitrogen and oxygen atoms in total. The van der Waals surface area contributed by atoms with Crippen molar-refractivity contribution in [3.05, 3.63) is 12.2 Å². The maximum atomic E-state index is 9.11. The molecule has 0 bridgehead atoms. The summed E-state index contributed by atoms with van der Waals surface area (Å²) >= 11 is 0. The Bertz CT molecular complexity index is 114. The fourth-order valence-corrected chi connectivity index (χ4v) is 0.804. The molecule has 9 heavy (non-hydrogen) atoms. The Morgan fingerprint density at radius 3 is 3.22 bits per heavy atom. The van der Waals surface area contributed by atoms with E-state index in [2.05, 4.69) is 5.32 Å². The minimum atomic E-state index is -0.472. The predicted molar refractivity (Wildman–Crippen MR) is 36.0 cm³/mol. The standard InChI is InChI=1S/C6H12N2O/c7-5-4-8-3-1-2-6(5)9/h1-2,5-6,8-9H,3-4,7H2/t5-,6+/m1/s1. The van der Waals surface area contributed by atoms with Crippen molar-refractivity contribution in [1.82, 2.24) is 5.32 Å². The first-order valence-electron chi connectivity index (χ1n) is 3.12. The van der Waals surface area contributed by atoms with Gasteiger partial charge in [0.25, 0.3) is 0 Å². The zero-order valence-electron chi connectivity index (χ0n) is 5.25. The Hall–Kier alpha value is -0.380. The second-order valence-electron chi connectivity index (χ2n) is 2.24. The molecule has 0 aliphatic carbocycles. The predicted octanol–water partition coefficient (Wildman–Crippen LogP) is -1.17. The Balaban J connectivity index is 2.46. The van der Waals surface area contributed by atoms with Crippen LogP contribution in [0.1, 0.15) is 0 Å². The summed E-state index contributed by atoms with van der Waals surface area (Å²) in [4.78, 5) is 0. The van der Waals surface area contributed by atoms with E-state index in [1.807, 2.05) is 6.08 Å². The third kappa shape index (κ3) is 1.78. The minimum Gasteiger partial charge on any atom is -0.387 e. The van der Waals surface area contributed by atoms with Gasteiger partial charge in [0.05, 0.1) is 6.10 Å². The van der Waals surface area contributed by atoms with E-state index < -0.39 is 6.10 Å². The second kappa shape index (κ2) is 2.96. The molecule has 52 valence electrons. The third-order valence-corrected chi connectivity index (χ3v) is 1.41. The van der Waals surface area contributed by atoms with Gasteiger partial charge in [-0.1, -0.05) is 12.2 Å².